The molecule has 1 saturated heterocycles. The van der Waals surface area contributed by atoms with E-state index in [2.05, 4.69) is 0 Å². The molecule has 192 valence electrons. The van der Waals surface area contributed by atoms with Gasteiger partial charge in [0.25, 0.3) is 0 Å². The van der Waals surface area contributed by atoms with E-state index in [0.29, 0.717) is 18.5 Å². The molecule has 2 amide bonds. The van der Waals surface area contributed by atoms with Crippen LogP contribution in [-0.4, -0.2) is 17.6 Å². The summed E-state index contributed by atoms with van der Waals surface area (Å²) < 4.78 is 0. The SMILES string of the molecule is CC[C@@]12C(=O)[C@@](CC)(C(c3ccccc3)=C1c1ccccc1)[C@H]1C(=O)N(c3c(C)cc(C)cc3C)C(=O)[C@H]12. The third-order valence-corrected chi connectivity index (χ3v) is 9.42. The van der Waals surface area contributed by atoms with E-state index in [1.807, 2.05) is 107 Å². The molecule has 4 atom stereocenters. The average molecular weight is 504 g/mol. The van der Waals surface area contributed by atoms with Crippen molar-refractivity contribution in [3.05, 3.63) is 101 Å². The van der Waals surface area contributed by atoms with Gasteiger partial charge in [-0.15, -0.1) is 0 Å². The normalized spacial score (nSPS) is 28.0. The number of hydrogen-bond acceptors (Lipinski definition) is 3. The molecule has 4 nitrogen and oxygen atoms in total. The van der Waals surface area contributed by atoms with Gasteiger partial charge in [0.1, 0.15) is 0 Å². The van der Waals surface area contributed by atoms with Crippen LogP contribution in [0.2, 0.25) is 0 Å². The molecular weight excluding hydrogens is 470 g/mol. The lowest BCUT2D eigenvalue weighted by atomic mass is 9.60. The Labute approximate surface area is 224 Å². The number of aryl methyl sites for hydroxylation is 3. The van der Waals surface area contributed by atoms with Gasteiger partial charge in [-0.1, -0.05) is 92.2 Å². The second-order valence-electron chi connectivity index (χ2n) is 11.2. The zero-order chi connectivity index (χ0) is 27.0. The summed E-state index contributed by atoms with van der Waals surface area (Å²) in [6.45, 7) is 9.93. The fourth-order valence-electron chi connectivity index (χ4n) is 8.20. The first kappa shape index (κ1) is 24.5. The molecule has 2 fully saturated rings. The number of amides is 2. The van der Waals surface area contributed by atoms with Crippen molar-refractivity contribution in [2.45, 2.75) is 47.5 Å². The molecule has 2 bridgehead atoms. The zero-order valence-corrected chi connectivity index (χ0v) is 22.7. The van der Waals surface area contributed by atoms with E-state index in [-0.39, 0.29) is 17.6 Å². The Kier molecular flexibility index (Phi) is 5.40. The predicted molar refractivity (Wildman–Crippen MR) is 150 cm³/mol. The minimum absolute atomic E-state index is 0.0430. The number of nitrogens with zero attached hydrogens (tertiary/aromatic N) is 1. The van der Waals surface area contributed by atoms with Gasteiger partial charge in [0.2, 0.25) is 11.8 Å². The number of fused-ring (bicyclic) bond motifs is 5. The minimum atomic E-state index is -1.05. The predicted octanol–water partition coefficient (Wildman–Crippen LogP) is 6.72. The number of carbonyl (C=O) groups excluding carboxylic acids is 3. The molecule has 3 aliphatic rings. The van der Waals surface area contributed by atoms with Crippen LogP contribution < -0.4 is 4.90 Å². The summed E-state index contributed by atoms with van der Waals surface area (Å²) in [5.41, 5.74) is 5.23. The molecule has 0 aromatic heterocycles. The quantitative estimate of drug-likeness (QED) is 0.363. The molecule has 0 spiro atoms. The number of imide groups is 1. The monoisotopic (exact) mass is 503 g/mol. The van der Waals surface area contributed by atoms with Gasteiger partial charge in [0, 0.05) is 0 Å². The number of carbonyl (C=O) groups is 3. The molecule has 1 saturated carbocycles. The summed E-state index contributed by atoms with van der Waals surface area (Å²) in [7, 11) is 0. The largest absolute Gasteiger partial charge is 0.298 e. The van der Waals surface area contributed by atoms with Crippen LogP contribution in [0.5, 0.6) is 0 Å². The molecule has 0 unspecified atom stereocenters. The Balaban J connectivity index is 1.68. The van der Waals surface area contributed by atoms with Crippen LogP contribution in [0.3, 0.4) is 0 Å². The van der Waals surface area contributed by atoms with Crippen molar-refractivity contribution in [3.63, 3.8) is 0 Å². The summed E-state index contributed by atoms with van der Waals surface area (Å²) >= 11 is 0. The smallest absolute Gasteiger partial charge is 0.239 e. The Morgan fingerprint density at radius 2 is 1.05 bits per heavy atom. The highest BCUT2D eigenvalue weighted by molar-refractivity contribution is 6.35. The lowest BCUT2D eigenvalue weighted by molar-refractivity contribution is -0.134. The highest BCUT2D eigenvalue weighted by atomic mass is 16.2. The van der Waals surface area contributed by atoms with Gasteiger partial charge in [-0.3, -0.25) is 14.4 Å². The summed E-state index contributed by atoms with van der Waals surface area (Å²) in [5, 5.41) is 0. The van der Waals surface area contributed by atoms with E-state index in [9.17, 15) is 14.4 Å². The second kappa shape index (κ2) is 8.36. The van der Waals surface area contributed by atoms with Crippen molar-refractivity contribution in [2.75, 3.05) is 4.90 Å². The van der Waals surface area contributed by atoms with Crippen molar-refractivity contribution in [3.8, 4) is 0 Å². The number of benzene rings is 3. The highest BCUT2D eigenvalue weighted by Gasteiger charge is 2.80. The lowest BCUT2D eigenvalue weighted by Crippen LogP contribution is -2.42. The van der Waals surface area contributed by atoms with Gasteiger partial charge in [0.15, 0.2) is 5.78 Å². The number of anilines is 1. The highest BCUT2D eigenvalue weighted by Crippen LogP contribution is 2.75. The Morgan fingerprint density at radius 3 is 1.42 bits per heavy atom. The van der Waals surface area contributed by atoms with Crippen molar-refractivity contribution in [2.24, 2.45) is 22.7 Å². The first-order chi connectivity index (χ1) is 18.3. The van der Waals surface area contributed by atoms with Crippen molar-refractivity contribution in [1.82, 2.24) is 0 Å². The van der Waals surface area contributed by atoms with Gasteiger partial charge in [-0.05, 0) is 67.0 Å². The fourth-order valence-corrected chi connectivity index (χ4v) is 8.20. The molecule has 0 N–H and O–H groups in total. The van der Waals surface area contributed by atoms with E-state index in [1.54, 1.807) is 0 Å². The zero-order valence-electron chi connectivity index (χ0n) is 22.7. The van der Waals surface area contributed by atoms with Gasteiger partial charge >= 0.3 is 0 Å². The standard InChI is InChI=1S/C34H33NO3/c1-6-33-25(23-14-10-8-11-15-23)26(24-16-12-9-13-17-24)34(7-2,32(33)38)28-27(33)30(36)35(31(28)37)29-21(4)18-20(3)19-22(29)5/h8-19,27-28H,6-7H2,1-5H3/t27-,28+,33+,34-. The van der Waals surface area contributed by atoms with Crippen LogP contribution in [0.4, 0.5) is 5.69 Å². The van der Waals surface area contributed by atoms with E-state index in [0.717, 1.165) is 39.0 Å². The number of ketones is 1. The molecule has 1 heterocycles. The Hall–Kier alpha value is -3.79. The number of Topliss-reactive ketones (excluding diaryl/α,β-unsaturated/α-hetero) is 1. The van der Waals surface area contributed by atoms with Gasteiger partial charge in [-0.25, -0.2) is 4.90 Å². The van der Waals surface area contributed by atoms with E-state index in [1.165, 1.54) is 4.90 Å². The maximum Gasteiger partial charge on any atom is 0.239 e. The second-order valence-corrected chi connectivity index (χ2v) is 11.2. The summed E-state index contributed by atoms with van der Waals surface area (Å²) in [4.78, 5) is 45.2. The molecule has 3 aromatic carbocycles. The molecule has 0 radical (unpaired) electrons. The maximum absolute atomic E-state index is 14.8. The third kappa shape index (κ3) is 2.78. The fraction of sp³-hybridized carbons (Fsp3) is 0.324. The topological polar surface area (TPSA) is 54.5 Å². The van der Waals surface area contributed by atoms with E-state index >= 15 is 0 Å². The number of rotatable bonds is 5. The summed E-state index contributed by atoms with van der Waals surface area (Å²) in [6, 6.07) is 24.0. The summed E-state index contributed by atoms with van der Waals surface area (Å²) in [6.07, 6.45) is 0.933. The Bertz CT molecular complexity index is 1430. The molecule has 1 aliphatic heterocycles. The lowest BCUT2D eigenvalue weighted by Gasteiger charge is -2.38. The Morgan fingerprint density at radius 1 is 0.658 bits per heavy atom. The van der Waals surface area contributed by atoms with E-state index < -0.39 is 22.7 Å². The average Bonchev–Trinajstić information content (AvgIpc) is 3.41. The van der Waals surface area contributed by atoms with Crippen molar-refractivity contribution >= 4 is 34.4 Å². The van der Waals surface area contributed by atoms with Gasteiger partial charge < -0.3 is 0 Å². The van der Waals surface area contributed by atoms with Crippen LogP contribution in [0.25, 0.3) is 11.1 Å². The minimum Gasteiger partial charge on any atom is -0.298 e. The van der Waals surface area contributed by atoms with Crippen LogP contribution in [0.1, 0.15) is 54.5 Å². The van der Waals surface area contributed by atoms with Crippen LogP contribution in [0.15, 0.2) is 72.8 Å². The molecule has 2 aliphatic carbocycles. The van der Waals surface area contributed by atoms with Crippen molar-refractivity contribution < 1.29 is 14.4 Å². The molecule has 38 heavy (non-hydrogen) atoms. The molecular formula is C34H33NO3. The molecule has 4 heteroatoms. The van der Waals surface area contributed by atoms with E-state index in [4.69, 9.17) is 0 Å². The third-order valence-electron chi connectivity index (χ3n) is 9.42. The molecule has 3 aromatic rings. The first-order valence-corrected chi connectivity index (χ1v) is 13.6. The number of allylic oxidation sites excluding steroid dienone is 2. The summed E-state index contributed by atoms with van der Waals surface area (Å²) in [5.74, 6) is -1.85. The van der Waals surface area contributed by atoms with Gasteiger partial charge in [-0.2, -0.15) is 0 Å². The van der Waals surface area contributed by atoms with Crippen LogP contribution in [-0.2, 0) is 14.4 Å². The van der Waals surface area contributed by atoms with Crippen LogP contribution in [0, 0.1) is 43.4 Å². The van der Waals surface area contributed by atoms with Crippen LogP contribution >= 0.6 is 0 Å². The molecule has 6 rings (SSSR count). The number of hydrogen-bond donors (Lipinski definition) is 0. The van der Waals surface area contributed by atoms with Crippen molar-refractivity contribution in [1.29, 1.82) is 0 Å². The maximum atomic E-state index is 14.8. The first-order valence-electron chi connectivity index (χ1n) is 13.6. The van der Waals surface area contributed by atoms with Gasteiger partial charge in [0.05, 0.1) is 28.4 Å².